The van der Waals surface area contributed by atoms with Crippen molar-refractivity contribution in [1.29, 1.82) is 0 Å². The molecule has 2 heteroatoms. The summed E-state index contributed by atoms with van der Waals surface area (Å²) in [7, 11) is 0. The standard InChI is InChI=1S/C28H28F2/c1-3-4-6-11-25-15-12-22(19-27(25)29)13-16-26-17-14-23(20-28(26)30)18-21(2)24-9-7-5-8-10-24/h3-5,7-10,12-17,19-21H,6,11,18H2,1-2H3/b4-3+,16-13?/t21-/m1/s1. The van der Waals surface area contributed by atoms with E-state index in [-0.39, 0.29) is 11.6 Å². The van der Waals surface area contributed by atoms with Gasteiger partial charge in [-0.1, -0.05) is 85.8 Å². The molecule has 0 saturated heterocycles. The fourth-order valence-corrected chi connectivity index (χ4v) is 3.55. The molecule has 0 aromatic heterocycles. The summed E-state index contributed by atoms with van der Waals surface area (Å²) in [6.45, 7) is 4.11. The second kappa shape index (κ2) is 10.7. The fourth-order valence-electron chi connectivity index (χ4n) is 3.55. The van der Waals surface area contributed by atoms with Crippen LogP contribution in [-0.2, 0) is 12.8 Å². The molecule has 0 heterocycles. The molecule has 3 rings (SSSR count). The summed E-state index contributed by atoms with van der Waals surface area (Å²) >= 11 is 0. The van der Waals surface area contributed by atoms with Gasteiger partial charge in [-0.3, -0.25) is 0 Å². The number of halogens is 2. The van der Waals surface area contributed by atoms with Crippen molar-refractivity contribution in [2.24, 2.45) is 0 Å². The molecule has 0 aliphatic heterocycles. The van der Waals surface area contributed by atoms with Gasteiger partial charge >= 0.3 is 0 Å². The molecule has 0 fully saturated rings. The van der Waals surface area contributed by atoms with Crippen LogP contribution in [0.1, 0.15) is 54.0 Å². The first-order chi connectivity index (χ1) is 14.6. The highest BCUT2D eigenvalue weighted by molar-refractivity contribution is 5.70. The number of hydrogen-bond donors (Lipinski definition) is 0. The van der Waals surface area contributed by atoms with Crippen LogP contribution in [0.15, 0.2) is 78.9 Å². The molecule has 0 saturated carbocycles. The van der Waals surface area contributed by atoms with E-state index in [1.807, 2.05) is 55.5 Å². The highest BCUT2D eigenvalue weighted by Crippen LogP contribution is 2.22. The van der Waals surface area contributed by atoms with Crippen LogP contribution in [-0.4, -0.2) is 0 Å². The first-order valence-electron chi connectivity index (χ1n) is 10.5. The van der Waals surface area contributed by atoms with E-state index in [1.165, 1.54) is 11.6 Å². The molecular formula is C28H28F2. The Bertz CT molecular complexity index is 1020. The van der Waals surface area contributed by atoms with Gasteiger partial charge in [0.2, 0.25) is 0 Å². The molecule has 0 N–H and O–H groups in total. The van der Waals surface area contributed by atoms with E-state index >= 15 is 0 Å². The zero-order valence-corrected chi connectivity index (χ0v) is 17.6. The van der Waals surface area contributed by atoms with Crippen LogP contribution >= 0.6 is 0 Å². The third-order valence-corrected chi connectivity index (χ3v) is 5.32. The quantitative estimate of drug-likeness (QED) is 0.264. The Morgan fingerprint density at radius 3 is 2.37 bits per heavy atom. The van der Waals surface area contributed by atoms with Crippen LogP contribution < -0.4 is 0 Å². The monoisotopic (exact) mass is 402 g/mol. The van der Waals surface area contributed by atoms with Gasteiger partial charge < -0.3 is 0 Å². The Hall–Kier alpha value is -3.00. The number of allylic oxidation sites excluding steroid dienone is 2. The molecule has 0 radical (unpaired) electrons. The maximum atomic E-state index is 14.6. The predicted molar refractivity (Wildman–Crippen MR) is 123 cm³/mol. The van der Waals surface area contributed by atoms with Crippen molar-refractivity contribution in [3.05, 3.63) is 118 Å². The maximum Gasteiger partial charge on any atom is 0.130 e. The second-order valence-corrected chi connectivity index (χ2v) is 7.66. The summed E-state index contributed by atoms with van der Waals surface area (Å²) in [6, 6.07) is 20.8. The summed E-state index contributed by atoms with van der Waals surface area (Å²) in [5, 5.41) is 0. The van der Waals surface area contributed by atoms with E-state index in [2.05, 4.69) is 19.1 Å². The molecule has 0 aliphatic rings. The molecule has 0 amide bonds. The summed E-state index contributed by atoms with van der Waals surface area (Å²) in [5.41, 5.74) is 4.15. The zero-order valence-electron chi connectivity index (χ0n) is 17.6. The van der Waals surface area contributed by atoms with E-state index in [9.17, 15) is 8.78 Å². The van der Waals surface area contributed by atoms with Crippen molar-refractivity contribution in [2.75, 3.05) is 0 Å². The van der Waals surface area contributed by atoms with Crippen LogP contribution in [0.5, 0.6) is 0 Å². The molecule has 0 unspecified atom stereocenters. The minimum absolute atomic E-state index is 0.215. The highest BCUT2D eigenvalue weighted by Gasteiger charge is 2.08. The molecule has 0 bridgehead atoms. The Morgan fingerprint density at radius 2 is 1.67 bits per heavy atom. The molecule has 154 valence electrons. The van der Waals surface area contributed by atoms with Crippen LogP contribution in [0.2, 0.25) is 0 Å². The van der Waals surface area contributed by atoms with Gasteiger partial charge in [0.15, 0.2) is 0 Å². The SMILES string of the molecule is C/C=C/CCc1ccc(C=Cc2ccc(C[C@@H](C)c3ccccc3)cc2F)cc1F. The predicted octanol–water partition coefficient (Wildman–Crippen LogP) is 7.99. The van der Waals surface area contributed by atoms with Gasteiger partial charge in [-0.05, 0) is 66.5 Å². The third kappa shape index (κ3) is 6.00. The normalized spacial score (nSPS) is 12.7. The Kier molecular flexibility index (Phi) is 7.73. The van der Waals surface area contributed by atoms with E-state index in [0.717, 1.165) is 24.0 Å². The van der Waals surface area contributed by atoms with Crippen molar-refractivity contribution in [3.8, 4) is 0 Å². The summed E-state index contributed by atoms with van der Waals surface area (Å²) in [5.74, 6) is -0.152. The van der Waals surface area contributed by atoms with Crippen LogP contribution in [0.3, 0.4) is 0 Å². The topological polar surface area (TPSA) is 0 Å². The molecular weight excluding hydrogens is 374 g/mol. The summed E-state index contributed by atoms with van der Waals surface area (Å²) in [4.78, 5) is 0. The van der Waals surface area contributed by atoms with Gasteiger partial charge in [0.25, 0.3) is 0 Å². The van der Waals surface area contributed by atoms with Gasteiger partial charge in [0.05, 0.1) is 0 Å². The van der Waals surface area contributed by atoms with Crippen molar-refractivity contribution in [2.45, 2.75) is 39.0 Å². The van der Waals surface area contributed by atoms with E-state index in [4.69, 9.17) is 0 Å². The maximum absolute atomic E-state index is 14.6. The molecule has 30 heavy (non-hydrogen) atoms. The van der Waals surface area contributed by atoms with Crippen molar-refractivity contribution in [3.63, 3.8) is 0 Å². The minimum atomic E-state index is -0.257. The lowest BCUT2D eigenvalue weighted by Gasteiger charge is -2.12. The summed E-state index contributed by atoms with van der Waals surface area (Å²) < 4.78 is 28.9. The van der Waals surface area contributed by atoms with Crippen molar-refractivity contribution in [1.82, 2.24) is 0 Å². The second-order valence-electron chi connectivity index (χ2n) is 7.66. The number of rotatable bonds is 8. The smallest absolute Gasteiger partial charge is 0.130 e. The lowest BCUT2D eigenvalue weighted by Crippen LogP contribution is -1.99. The molecule has 0 nitrogen and oxygen atoms in total. The van der Waals surface area contributed by atoms with E-state index in [1.54, 1.807) is 24.3 Å². The van der Waals surface area contributed by atoms with Gasteiger partial charge in [0, 0.05) is 5.56 Å². The number of hydrogen-bond acceptors (Lipinski definition) is 0. The molecule has 0 aliphatic carbocycles. The lowest BCUT2D eigenvalue weighted by atomic mass is 9.93. The van der Waals surface area contributed by atoms with Gasteiger partial charge in [-0.15, -0.1) is 0 Å². The average molecular weight is 403 g/mol. The van der Waals surface area contributed by atoms with Crippen LogP contribution in [0, 0.1) is 11.6 Å². The third-order valence-electron chi connectivity index (χ3n) is 5.32. The van der Waals surface area contributed by atoms with Crippen molar-refractivity contribution < 1.29 is 8.78 Å². The fraction of sp³-hybridized carbons (Fsp3) is 0.214. The van der Waals surface area contributed by atoms with Crippen molar-refractivity contribution >= 4 is 12.2 Å². The Labute approximate surface area is 178 Å². The van der Waals surface area contributed by atoms with Gasteiger partial charge in [-0.2, -0.15) is 0 Å². The first kappa shape index (κ1) is 21.7. The molecule has 3 aromatic carbocycles. The van der Waals surface area contributed by atoms with E-state index < -0.39 is 0 Å². The van der Waals surface area contributed by atoms with E-state index in [0.29, 0.717) is 23.5 Å². The molecule has 3 aromatic rings. The van der Waals surface area contributed by atoms with Crippen LogP contribution in [0.4, 0.5) is 8.78 Å². The zero-order chi connectivity index (χ0) is 21.3. The molecule has 0 spiro atoms. The minimum Gasteiger partial charge on any atom is -0.207 e. The molecule has 1 atom stereocenters. The largest absolute Gasteiger partial charge is 0.207 e. The average Bonchev–Trinajstić information content (AvgIpc) is 2.75. The van der Waals surface area contributed by atoms with Crippen LogP contribution in [0.25, 0.3) is 12.2 Å². The Balaban J connectivity index is 1.67. The highest BCUT2D eigenvalue weighted by atomic mass is 19.1. The number of aryl methyl sites for hydroxylation is 1. The summed E-state index contributed by atoms with van der Waals surface area (Å²) in [6.07, 6.45) is 9.74. The lowest BCUT2D eigenvalue weighted by molar-refractivity contribution is 0.609. The Morgan fingerprint density at radius 1 is 0.867 bits per heavy atom. The van der Waals surface area contributed by atoms with Gasteiger partial charge in [-0.25, -0.2) is 8.78 Å². The first-order valence-corrected chi connectivity index (χ1v) is 10.5. The number of benzene rings is 3. The van der Waals surface area contributed by atoms with Gasteiger partial charge in [0.1, 0.15) is 11.6 Å².